The lowest BCUT2D eigenvalue weighted by Crippen LogP contribution is -2.33. The minimum absolute atomic E-state index is 0.217. The molecule has 1 rings (SSSR count). The lowest BCUT2D eigenvalue weighted by atomic mass is 10.2. The average Bonchev–Trinajstić information content (AvgIpc) is 2.29. The van der Waals surface area contributed by atoms with Gasteiger partial charge in [-0.3, -0.25) is 0 Å². The highest BCUT2D eigenvalue weighted by atomic mass is 32.2. The van der Waals surface area contributed by atoms with Gasteiger partial charge >= 0.3 is 0 Å². The number of halogens is 1. The number of hydrogen-bond acceptors (Lipinski definition) is 4. The fourth-order valence-corrected chi connectivity index (χ4v) is 2.18. The van der Waals surface area contributed by atoms with Crippen molar-refractivity contribution in [2.24, 2.45) is 0 Å². The molecule has 17 heavy (non-hydrogen) atoms. The minimum Gasteiger partial charge on any atom is -0.394 e. The summed E-state index contributed by atoms with van der Waals surface area (Å²) < 4.78 is 38.6. The van der Waals surface area contributed by atoms with Crippen molar-refractivity contribution < 1.29 is 23.0 Å². The number of hydrogen-bond donors (Lipinski definition) is 3. The summed E-state index contributed by atoms with van der Waals surface area (Å²) in [5.74, 6) is -0.615. The molecule has 96 valence electrons. The Morgan fingerprint density at radius 3 is 2.65 bits per heavy atom. The molecular weight excluding hydrogens is 249 g/mol. The topological polar surface area (TPSA) is 86.6 Å². The van der Waals surface area contributed by atoms with E-state index in [0.717, 1.165) is 6.07 Å². The van der Waals surface area contributed by atoms with E-state index in [1.54, 1.807) is 0 Å². The normalized spacial score (nSPS) is 13.6. The minimum atomic E-state index is -3.87. The Bertz CT molecular complexity index is 489. The number of aliphatic hydroxyl groups is 2. The fraction of sp³-hybridized carbons (Fsp3) is 0.400. The smallest absolute Gasteiger partial charge is 0.240 e. The largest absolute Gasteiger partial charge is 0.394 e. The molecule has 1 atom stereocenters. The van der Waals surface area contributed by atoms with Crippen molar-refractivity contribution in [3.8, 4) is 0 Å². The Morgan fingerprint density at radius 1 is 1.47 bits per heavy atom. The van der Waals surface area contributed by atoms with Crippen LogP contribution in [0.2, 0.25) is 0 Å². The van der Waals surface area contributed by atoms with Gasteiger partial charge in [0.25, 0.3) is 0 Å². The summed E-state index contributed by atoms with van der Waals surface area (Å²) in [6, 6.07) is 3.53. The van der Waals surface area contributed by atoms with E-state index in [2.05, 4.69) is 4.72 Å². The third-order valence-corrected chi connectivity index (χ3v) is 3.59. The van der Waals surface area contributed by atoms with E-state index in [-0.39, 0.29) is 11.4 Å². The Labute approximate surface area is 99.0 Å². The number of aliphatic hydroxyl groups excluding tert-OH is 2. The number of aryl methyl sites for hydroxylation is 1. The van der Waals surface area contributed by atoms with Crippen LogP contribution in [0.3, 0.4) is 0 Å². The molecule has 0 aliphatic rings. The molecule has 0 aromatic heterocycles. The van der Waals surface area contributed by atoms with Crippen molar-refractivity contribution in [2.45, 2.75) is 17.9 Å². The van der Waals surface area contributed by atoms with Crippen LogP contribution in [0.15, 0.2) is 23.1 Å². The van der Waals surface area contributed by atoms with Gasteiger partial charge in [0.15, 0.2) is 0 Å². The van der Waals surface area contributed by atoms with Gasteiger partial charge in [0.05, 0.1) is 17.6 Å². The van der Waals surface area contributed by atoms with Crippen molar-refractivity contribution >= 4 is 10.0 Å². The predicted molar refractivity (Wildman–Crippen MR) is 59.4 cm³/mol. The van der Waals surface area contributed by atoms with E-state index in [9.17, 15) is 12.8 Å². The van der Waals surface area contributed by atoms with E-state index in [4.69, 9.17) is 10.2 Å². The molecule has 0 aliphatic carbocycles. The number of benzene rings is 1. The van der Waals surface area contributed by atoms with Crippen LogP contribution >= 0.6 is 0 Å². The van der Waals surface area contributed by atoms with Crippen LogP contribution in [-0.4, -0.2) is 37.9 Å². The molecule has 0 spiro atoms. The molecule has 3 N–H and O–H groups in total. The summed E-state index contributed by atoms with van der Waals surface area (Å²) in [5, 5.41) is 17.6. The Morgan fingerprint density at radius 2 is 2.12 bits per heavy atom. The highest BCUT2D eigenvalue weighted by Crippen LogP contribution is 2.13. The third kappa shape index (κ3) is 3.74. The standard InChI is InChI=1S/C10H14FNO4S/c1-7-2-3-9(4-10(7)11)17(15,16)12-5-8(14)6-13/h2-4,8,12-14H,5-6H2,1H3. The number of rotatable bonds is 5. The number of nitrogens with one attached hydrogen (secondary N) is 1. The monoisotopic (exact) mass is 263 g/mol. The average molecular weight is 263 g/mol. The molecule has 0 saturated carbocycles. The molecule has 0 heterocycles. The summed E-state index contributed by atoms with van der Waals surface area (Å²) in [6.07, 6.45) is -1.18. The van der Waals surface area contributed by atoms with E-state index in [0.29, 0.717) is 5.56 Å². The van der Waals surface area contributed by atoms with Crippen LogP contribution in [0.5, 0.6) is 0 Å². The van der Waals surface area contributed by atoms with Crippen LogP contribution in [0, 0.1) is 12.7 Å². The maximum atomic E-state index is 13.2. The molecule has 0 saturated heterocycles. The lowest BCUT2D eigenvalue weighted by molar-refractivity contribution is 0.0988. The van der Waals surface area contributed by atoms with E-state index in [1.807, 2.05) is 0 Å². The first-order valence-corrected chi connectivity index (χ1v) is 6.40. The van der Waals surface area contributed by atoms with E-state index < -0.39 is 28.6 Å². The Hall–Kier alpha value is -1.02. The molecule has 5 nitrogen and oxygen atoms in total. The van der Waals surface area contributed by atoms with Gasteiger partial charge < -0.3 is 10.2 Å². The van der Waals surface area contributed by atoms with E-state index >= 15 is 0 Å². The van der Waals surface area contributed by atoms with Crippen LogP contribution in [0.25, 0.3) is 0 Å². The molecule has 0 amide bonds. The van der Waals surface area contributed by atoms with Crippen LogP contribution in [0.1, 0.15) is 5.56 Å². The lowest BCUT2D eigenvalue weighted by Gasteiger charge is -2.10. The Balaban J connectivity index is 2.86. The zero-order chi connectivity index (χ0) is 13.1. The zero-order valence-electron chi connectivity index (χ0n) is 9.22. The summed E-state index contributed by atoms with van der Waals surface area (Å²) in [6.45, 7) is 0.647. The van der Waals surface area contributed by atoms with E-state index in [1.165, 1.54) is 19.1 Å². The maximum absolute atomic E-state index is 13.2. The van der Waals surface area contributed by atoms with Gasteiger partial charge in [0, 0.05) is 6.54 Å². The first kappa shape index (κ1) is 14.0. The summed E-state index contributed by atoms with van der Waals surface area (Å²) >= 11 is 0. The van der Waals surface area contributed by atoms with Crippen molar-refractivity contribution in [1.29, 1.82) is 0 Å². The van der Waals surface area contributed by atoms with Gasteiger partial charge in [-0.1, -0.05) is 6.07 Å². The fourth-order valence-electron chi connectivity index (χ4n) is 1.09. The Kier molecular flexibility index (Phi) is 4.58. The first-order valence-electron chi connectivity index (χ1n) is 4.91. The van der Waals surface area contributed by atoms with Crippen molar-refractivity contribution in [1.82, 2.24) is 4.72 Å². The highest BCUT2D eigenvalue weighted by Gasteiger charge is 2.16. The second-order valence-corrected chi connectivity index (χ2v) is 5.37. The van der Waals surface area contributed by atoms with Crippen LogP contribution < -0.4 is 4.72 Å². The number of sulfonamides is 1. The quantitative estimate of drug-likeness (QED) is 0.684. The van der Waals surface area contributed by atoms with Crippen molar-refractivity contribution in [2.75, 3.05) is 13.2 Å². The van der Waals surface area contributed by atoms with Gasteiger partial charge in [0.1, 0.15) is 5.82 Å². The van der Waals surface area contributed by atoms with Crippen LogP contribution in [0.4, 0.5) is 4.39 Å². The molecule has 1 aromatic rings. The molecule has 1 aromatic carbocycles. The third-order valence-electron chi connectivity index (χ3n) is 2.17. The predicted octanol–water partition coefficient (Wildman–Crippen LogP) is -0.234. The molecule has 1 unspecified atom stereocenters. The van der Waals surface area contributed by atoms with Crippen molar-refractivity contribution in [3.05, 3.63) is 29.6 Å². The summed E-state index contributed by atoms with van der Waals surface area (Å²) in [5.41, 5.74) is 0.347. The van der Waals surface area contributed by atoms with Gasteiger partial charge in [-0.25, -0.2) is 17.5 Å². The highest BCUT2D eigenvalue weighted by molar-refractivity contribution is 7.89. The second kappa shape index (κ2) is 5.54. The summed E-state index contributed by atoms with van der Waals surface area (Å²) in [7, 11) is -3.87. The van der Waals surface area contributed by atoms with Gasteiger partial charge in [-0.2, -0.15) is 0 Å². The van der Waals surface area contributed by atoms with Gasteiger partial charge in [0.2, 0.25) is 10.0 Å². The molecule has 0 fully saturated rings. The molecule has 0 bridgehead atoms. The van der Waals surface area contributed by atoms with Crippen LogP contribution in [-0.2, 0) is 10.0 Å². The molecule has 0 radical (unpaired) electrons. The van der Waals surface area contributed by atoms with Gasteiger partial charge in [-0.15, -0.1) is 0 Å². The molecular formula is C10H14FNO4S. The molecule has 0 aliphatic heterocycles. The SMILES string of the molecule is Cc1ccc(S(=O)(=O)NCC(O)CO)cc1F. The first-order chi connectivity index (χ1) is 7.86. The second-order valence-electron chi connectivity index (χ2n) is 3.60. The van der Waals surface area contributed by atoms with Crippen molar-refractivity contribution in [3.63, 3.8) is 0 Å². The molecule has 7 heteroatoms. The zero-order valence-corrected chi connectivity index (χ0v) is 10.0. The van der Waals surface area contributed by atoms with Gasteiger partial charge in [-0.05, 0) is 24.6 Å². The summed E-state index contributed by atoms with van der Waals surface area (Å²) in [4.78, 5) is -0.217. The maximum Gasteiger partial charge on any atom is 0.240 e.